The summed E-state index contributed by atoms with van der Waals surface area (Å²) in [5.41, 5.74) is 6.92. The minimum absolute atomic E-state index is 0.0542. The maximum absolute atomic E-state index is 13.9. The number of amides is 1. The van der Waals surface area contributed by atoms with Gasteiger partial charge in [0, 0.05) is 55.4 Å². The average molecular weight is 520 g/mol. The van der Waals surface area contributed by atoms with Gasteiger partial charge in [-0.3, -0.25) is 4.79 Å². The van der Waals surface area contributed by atoms with Crippen LogP contribution in [-0.4, -0.2) is 58.9 Å². The third kappa shape index (κ3) is 6.34. The molecular formula is C27H30FN7O3. The number of halogens is 1. The van der Waals surface area contributed by atoms with Crippen molar-refractivity contribution in [1.82, 2.24) is 20.6 Å². The van der Waals surface area contributed by atoms with Crippen molar-refractivity contribution >= 4 is 17.3 Å². The normalized spacial score (nSPS) is 18.6. The fourth-order valence-electron chi connectivity index (χ4n) is 4.13. The molecule has 1 saturated heterocycles. The highest BCUT2D eigenvalue weighted by molar-refractivity contribution is 5.92. The molecule has 4 heterocycles. The predicted octanol–water partition coefficient (Wildman–Crippen LogP) is 1.98. The lowest BCUT2D eigenvalue weighted by molar-refractivity contribution is 0.00547. The Morgan fingerprint density at radius 3 is 2.87 bits per heavy atom. The van der Waals surface area contributed by atoms with E-state index in [1.807, 2.05) is 17.0 Å². The molecule has 1 fully saturated rings. The van der Waals surface area contributed by atoms with Gasteiger partial charge >= 0.3 is 0 Å². The van der Waals surface area contributed by atoms with Gasteiger partial charge in [-0.2, -0.15) is 5.26 Å². The SMILES string of the molecule is CC(C)(O)COC1=CN/C(=C(/C#N)CN)C(c2ccc(N3CCC(NC(=O)c4ncccc4F)C3)nc2)=C1. The minimum atomic E-state index is -1.01. The topological polar surface area (TPSA) is 149 Å². The number of dihydropyridines is 1. The average Bonchev–Trinajstić information content (AvgIpc) is 3.37. The molecule has 0 saturated carbocycles. The summed E-state index contributed by atoms with van der Waals surface area (Å²) in [5, 5.41) is 25.5. The Morgan fingerprint density at radius 2 is 2.21 bits per heavy atom. The fraction of sp³-hybridized carbons (Fsp3) is 0.333. The van der Waals surface area contributed by atoms with Crippen LogP contribution in [0, 0.1) is 17.1 Å². The molecule has 0 spiro atoms. The van der Waals surface area contributed by atoms with E-state index in [9.17, 15) is 19.6 Å². The van der Waals surface area contributed by atoms with Crippen molar-refractivity contribution in [3.63, 3.8) is 0 Å². The molecule has 1 amide bonds. The zero-order valence-electron chi connectivity index (χ0n) is 21.2. The van der Waals surface area contributed by atoms with Gasteiger partial charge in [0.05, 0.1) is 22.9 Å². The van der Waals surface area contributed by atoms with Gasteiger partial charge in [-0.25, -0.2) is 14.4 Å². The number of allylic oxidation sites excluding steroid dienone is 2. The number of carbonyl (C=O) groups is 1. The van der Waals surface area contributed by atoms with Gasteiger partial charge in [0.25, 0.3) is 5.91 Å². The number of nitrogens with one attached hydrogen (secondary N) is 2. The van der Waals surface area contributed by atoms with Crippen molar-refractivity contribution in [2.45, 2.75) is 31.9 Å². The van der Waals surface area contributed by atoms with Crippen LogP contribution in [0.2, 0.25) is 0 Å². The van der Waals surface area contributed by atoms with Gasteiger partial charge in [0.1, 0.15) is 18.2 Å². The first-order chi connectivity index (χ1) is 18.2. The number of hydrogen-bond donors (Lipinski definition) is 4. The number of pyridine rings is 2. The van der Waals surface area contributed by atoms with Gasteiger partial charge in [-0.1, -0.05) is 0 Å². The highest BCUT2D eigenvalue weighted by Gasteiger charge is 2.27. The Hall–Kier alpha value is -4.27. The smallest absolute Gasteiger partial charge is 0.273 e. The van der Waals surface area contributed by atoms with E-state index in [4.69, 9.17) is 10.5 Å². The highest BCUT2D eigenvalue weighted by atomic mass is 19.1. The third-order valence-electron chi connectivity index (χ3n) is 6.03. The van der Waals surface area contributed by atoms with Crippen molar-refractivity contribution in [1.29, 1.82) is 5.26 Å². The number of nitriles is 1. The lowest BCUT2D eigenvalue weighted by Crippen LogP contribution is -2.38. The van der Waals surface area contributed by atoms with Crippen LogP contribution in [0.1, 0.15) is 36.3 Å². The molecule has 1 unspecified atom stereocenters. The predicted molar refractivity (Wildman–Crippen MR) is 140 cm³/mol. The lowest BCUT2D eigenvalue weighted by Gasteiger charge is -2.24. The summed E-state index contributed by atoms with van der Waals surface area (Å²) >= 11 is 0. The second kappa shape index (κ2) is 11.4. The van der Waals surface area contributed by atoms with E-state index in [2.05, 4.69) is 26.7 Å². The Bertz CT molecular complexity index is 1320. The van der Waals surface area contributed by atoms with Crippen LogP contribution in [0.15, 0.2) is 66.0 Å². The zero-order valence-corrected chi connectivity index (χ0v) is 21.2. The molecule has 0 radical (unpaired) electrons. The van der Waals surface area contributed by atoms with Gasteiger partial charge in [0.15, 0.2) is 11.5 Å². The van der Waals surface area contributed by atoms with Crippen LogP contribution < -0.4 is 21.3 Å². The number of anilines is 1. The van der Waals surface area contributed by atoms with Crippen molar-refractivity contribution in [2.75, 3.05) is 31.1 Å². The Kier molecular flexibility index (Phi) is 8.05. The second-order valence-electron chi connectivity index (χ2n) is 9.66. The number of aromatic nitrogens is 2. The number of aliphatic hydroxyl groups is 1. The number of ether oxygens (including phenoxy) is 1. The second-order valence-corrected chi connectivity index (χ2v) is 9.66. The van der Waals surface area contributed by atoms with Crippen LogP contribution in [0.4, 0.5) is 10.2 Å². The summed E-state index contributed by atoms with van der Waals surface area (Å²) in [5.74, 6) is 0.0115. The quantitative estimate of drug-likeness (QED) is 0.384. The van der Waals surface area contributed by atoms with Crippen LogP contribution >= 0.6 is 0 Å². The standard InChI is InChI=1S/C27H30FN7O3/c1-27(2,37)16-38-20-10-21(24(33-14-20)18(11-29)12-30)17-5-6-23(32-13-17)35-9-7-19(15-35)34-26(36)25-22(28)4-3-8-31-25/h3-6,8,10,13-14,19,33,37H,7,9,11,15-16,29H2,1-2H3,(H,34,36)/b24-18+. The van der Waals surface area contributed by atoms with Crippen molar-refractivity contribution in [3.8, 4) is 6.07 Å². The van der Waals surface area contributed by atoms with Gasteiger partial charge in [0.2, 0.25) is 0 Å². The Labute approximate surface area is 220 Å². The van der Waals surface area contributed by atoms with Gasteiger partial charge < -0.3 is 31.1 Å². The number of carbonyl (C=O) groups excluding carboxylic acids is 1. The van der Waals surface area contributed by atoms with Crippen LogP contribution in [0.5, 0.6) is 0 Å². The Balaban J connectivity index is 1.48. The van der Waals surface area contributed by atoms with Crippen LogP contribution in [0.25, 0.3) is 5.57 Å². The first kappa shape index (κ1) is 26.8. The van der Waals surface area contributed by atoms with Gasteiger partial charge in [-0.05, 0) is 50.6 Å². The number of nitrogens with two attached hydrogens (primary N) is 1. The molecule has 38 heavy (non-hydrogen) atoms. The molecule has 2 aromatic rings. The molecule has 4 rings (SSSR count). The molecule has 11 heteroatoms. The number of nitrogens with zero attached hydrogens (tertiary/aromatic N) is 4. The molecule has 5 N–H and O–H groups in total. The summed E-state index contributed by atoms with van der Waals surface area (Å²) in [6.45, 7) is 4.62. The molecule has 10 nitrogen and oxygen atoms in total. The molecule has 1 atom stereocenters. The zero-order chi connectivity index (χ0) is 27.3. The van der Waals surface area contributed by atoms with E-state index in [-0.39, 0.29) is 24.9 Å². The van der Waals surface area contributed by atoms with E-state index in [0.717, 1.165) is 11.4 Å². The third-order valence-corrected chi connectivity index (χ3v) is 6.03. The highest BCUT2D eigenvalue weighted by Crippen LogP contribution is 2.30. The summed E-state index contributed by atoms with van der Waals surface area (Å²) in [6.07, 6.45) is 7.16. The Morgan fingerprint density at radius 1 is 1.39 bits per heavy atom. The minimum Gasteiger partial charge on any atom is -0.489 e. The number of hydrogen-bond acceptors (Lipinski definition) is 9. The molecule has 2 aromatic heterocycles. The first-order valence-electron chi connectivity index (χ1n) is 12.2. The lowest BCUT2D eigenvalue weighted by atomic mass is 9.98. The molecule has 0 aromatic carbocycles. The summed E-state index contributed by atoms with van der Waals surface area (Å²) in [6, 6.07) is 8.35. The molecule has 0 aliphatic carbocycles. The van der Waals surface area contributed by atoms with Crippen molar-refractivity contribution < 1.29 is 19.0 Å². The molecule has 0 bridgehead atoms. The van der Waals surface area contributed by atoms with Crippen molar-refractivity contribution in [3.05, 3.63) is 83.0 Å². The summed E-state index contributed by atoms with van der Waals surface area (Å²) in [7, 11) is 0. The van der Waals surface area contributed by atoms with E-state index in [1.165, 1.54) is 18.3 Å². The maximum atomic E-state index is 13.9. The van der Waals surface area contributed by atoms with Gasteiger partial charge in [-0.15, -0.1) is 0 Å². The van der Waals surface area contributed by atoms with E-state index < -0.39 is 17.3 Å². The molecular weight excluding hydrogens is 489 g/mol. The molecule has 2 aliphatic rings. The van der Waals surface area contributed by atoms with Crippen molar-refractivity contribution in [2.24, 2.45) is 5.73 Å². The fourth-order valence-corrected chi connectivity index (χ4v) is 4.13. The van der Waals surface area contributed by atoms with Crippen LogP contribution in [-0.2, 0) is 4.74 Å². The first-order valence-corrected chi connectivity index (χ1v) is 12.2. The molecule has 198 valence electrons. The van der Waals surface area contributed by atoms with E-state index in [0.29, 0.717) is 42.1 Å². The molecule has 2 aliphatic heterocycles. The monoisotopic (exact) mass is 519 g/mol. The van der Waals surface area contributed by atoms with E-state index in [1.54, 1.807) is 32.3 Å². The van der Waals surface area contributed by atoms with Crippen LogP contribution in [0.3, 0.4) is 0 Å². The maximum Gasteiger partial charge on any atom is 0.273 e. The summed E-state index contributed by atoms with van der Waals surface area (Å²) in [4.78, 5) is 22.9. The number of rotatable bonds is 8. The largest absolute Gasteiger partial charge is 0.489 e. The van der Waals surface area contributed by atoms with E-state index >= 15 is 0 Å². The summed E-state index contributed by atoms with van der Waals surface area (Å²) < 4.78 is 19.6.